The number of carbonyl (C=O) groups is 1. The maximum Gasteiger partial charge on any atom is 0.393 e. The lowest BCUT2D eigenvalue weighted by Gasteiger charge is -2.41. The zero-order valence-corrected chi connectivity index (χ0v) is 16.2. The van der Waals surface area contributed by atoms with E-state index in [1.54, 1.807) is 24.1 Å². The number of nitrogens with zero attached hydrogens (tertiary/aromatic N) is 1. The van der Waals surface area contributed by atoms with E-state index in [-0.39, 0.29) is 11.5 Å². The number of hydrogen-bond acceptors (Lipinski definition) is 3. The van der Waals surface area contributed by atoms with Crippen molar-refractivity contribution in [2.45, 2.75) is 63.1 Å². The van der Waals surface area contributed by atoms with Gasteiger partial charge in [-0.2, -0.15) is 13.2 Å². The average molecular weight is 399 g/mol. The Balaban J connectivity index is 1.62. The lowest BCUT2D eigenvalue weighted by molar-refractivity contribution is -0.131. The van der Waals surface area contributed by atoms with Crippen molar-refractivity contribution in [1.29, 1.82) is 0 Å². The molecule has 1 saturated carbocycles. The molecule has 2 fully saturated rings. The summed E-state index contributed by atoms with van der Waals surface area (Å²) in [6.07, 6.45) is -0.508. The summed E-state index contributed by atoms with van der Waals surface area (Å²) in [7, 11) is 1.64. The Morgan fingerprint density at radius 2 is 1.75 bits per heavy atom. The van der Waals surface area contributed by atoms with Crippen molar-refractivity contribution in [2.75, 3.05) is 25.2 Å². The van der Waals surface area contributed by atoms with Gasteiger partial charge in [0.05, 0.1) is 17.4 Å². The first-order valence-electron chi connectivity index (χ1n) is 9.85. The molecule has 1 aliphatic carbocycles. The molecular formula is C21H28F3NO3. The van der Waals surface area contributed by atoms with Gasteiger partial charge in [-0.15, -0.1) is 0 Å². The summed E-state index contributed by atoms with van der Waals surface area (Å²) in [5, 5.41) is 10.8. The molecule has 1 saturated heterocycles. The van der Waals surface area contributed by atoms with Crippen LogP contribution in [0.5, 0.6) is 0 Å². The third-order valence-corrected chi connectivity index (χ3v) is 6.29. The second-order valence-corrected chi connectivity index (χ2v) is 8.27. The van der Waals surface area contributed by atoms with Crippen LogP contribution in [0.15, 0.2) is 24.3 Å². The van der Waals surface area contributed by atoms with Crippen molar-refractivity contribution in [3.63, 3.8) is 0 Å². The highest BCUT2D eigenvalue weighted by molar-refractivity contribution is 6.00. The highest BCUT2D eigenvalue weighted by Gasteiger charge is 2.51. The predicted octanol–water partition coefficient (Wildman–Crippen LogP) is 4.25. The first kappa shape index (κ1) is 21.1. The first-order valence-corrected chi connectivity index (χ1v) is 9.85. The average Bonchev–Trinajstić information content (AvgIpc) is 2.95. The molecule has 0 unspecified atom stereocenters. The van der Waals surface area contributed by atoms with Gasteiger partial charge >= 0.3 is 6.18 Å². The largest absolute Gasteiger partial charge is 0.393 e. The minimum atomic E-state index is -4.24. The molecule has 1 aromatic rings. The second-order valence-electron chi connectivity index (χ2n) is 8.27. The van der Waals surface area contributed by atoms with Crippen LogP contribution in [0.3, 0.4) is 0 Å². The number of halogens is 3. The van der Waals surface area contributed by atoms with Gasteiger partial charge in [-0.3, -0.25) is 4.79 Å². The Kier molecular flexibility index (Phi) is 6.05. The van der Waals surface area contributed by atoms with Crippen LogP contribution < -0.4 is 4.90 Å². The van der Waals surface area contributed by atoms with Gasteiger partial charge in [0.25, 0.3) is 0 Å². The molecule has 0 atom stereocenters. The standard InChI is InChI=1S/C21H28F3NO3/c1-28-14-2-7-20(27)10-8-19(9-11-20)12-13-25(18(19)26)17-5-3-16(4-6-17)15-21(22,23)24/h3-6,27H,2,7-15H2,1H3/t19-,20+. The maximum atomic E-state index is 13.1. The lowest BCUT2D eigenvalue weighted by Crippen LogP contribution is -2.43. The number of methoxy groups -OCH3 is 1. The summed E-state index contributed by atoms with van der Waals surface area (Å²) in [6, 6.07) is 6.08. The summed E-state index contributed by atoms with van der Waals surface area (Å²) < 4.78 is 42.6. The molecule has 2 aliphatic rings. The number of amides is 1. The van der Waals surface area contributed by atoms with Crippen LogP contribution in [0.1, 0.15) is 50.5 Å². The number of aliphatic hydroxyl groups is 1. The topological polar surface area (TPSA) is 49.8 Å². The molecular weight excluding hydrogens is 371 g/mol. The fraction of sp³-hybridized carbons (Fsp3) is 0.667. The number of ether oxygens (including phenoxy) is 1. The van der Waals surface area contributed by atoms with Crippen LogP contribution in [-0.2, 0) is 16.0 Å². The smallest absolute Gasteiger partial charge is 0.390 e. The fourth-order valence-electron chi connectivity index (χ4n) is 4.55. The molecule has 156 valence electrons. The Hall–Kier alpha value is -1.60. The van der Waals surface area contributed by atoms with E-state index in [1.165, 1.54) is 12.1 Å². The van der Waals surface area contributed by atoms with Gasteiger partial charge < -0.3 is 14.7 Å². The van der Waals surface area contributed by atoms with Crippen LogP contribution in [0.25, 0.3) is 0 Å². The predicted molar refractivity (Wildman–Crippen MR) is 100 cm³/mol. The van der Waals surface area contributed by atoms with Crippen molar-refractivity contribution in [2.24, 2.45) is 5.41 Å². The van der Waals surface area contributed by atoms with Crippen molar-refractivity contribution in [3.05, 3.63) is 29.8 Å². The van der Waals surface area contributed by atoms with E-state index in [4.69, 9.17) is 4.74 Å². The molecule has 1 aliphatic heterocycles. The van der Waals surface area contributed by atoms with Crippen molar-refractivity contribution in [1.82, 2.24) is 0 Å². The molecule has 1 spiro atoms. The molecule has 3 rings (SSSR count). The molecule has 0 radical (unpaired) electrons. The van der Waals surface area contributed by atoms with Crippen LogP contribution in [0, 0.1) is 5.41 Å². The quantitative estimate of drug-likeness (QED) is 0.728. The molecule has 7 heteroatoms. The Morgan fingerprint density at radius 3 is 2.32 bits per heavy atom. The van der Waals surface area contributed by atoms with Gasteiger partial charge in [0.2, 0.25) is 5.91 Å². The van der Waals surface area contributed by atoms with E-state index in [9.17, 15) is 23.1 Å². The van der Waals surface area contributed by atoms with E-state index in [2.05, 4.69) is 0 Å². The number of alkyl halides is 3. The summed E-state index contributed by atoms with van der Waals surface area (Å²) in [4.78, 5) is 14.8. The number of rotatable bonds is 6. The summed E-state index contributed by atoms with van der Waals surface area (Å²) in [5.74, 6) is 0.0370. The third-order valence-electron chi connectivity index (χ3n) is 6.29. The van der Waals surface area contributed by atoms with E-state index in [0.29, 0.717) is 50.9 Å². The minimum Gasteiger partial charge on any atom is -0.390 e. The molecule has 28 heavy (non-hydrogen) atoms. The van der Waals surface area contributed by atoms with Gasteiger partial charge in [-0.1, -0.05) is 12.1 Å². The summed E-state index contributed by atoms with van der Waals surface area (Å²) in [5.41, 5.74) is -0.334. The molecule has 1 amide bonds. The molecule has 0 aromatic heterocycles. The Bertz CT molecular complexity index is 679. The monoisotopic (exact) mass is 399 g/mol. The zero-order valence-electron chi connectivity index (χ0n) is 16.2. The van der Waals surface area contributed by atoms with Gasteiger partial charge in [0.15, 0.2) is 0 Å². The van der Waals surface area contributed by atoms with Gasteiger partial charge in [-0.25, -0.2) is 0 Å². The molecule has 4 nitrogen and oxygen atoms in total. The number of carbonyl (C=O) groups excluding carboxylic acids is 1. The van der Waals surface area contributed by atoms with Crippen LogP contribution in [0.2, 0.25) is 0 Å². The number of hydrogen-bond donors (Lipinski definition) is 1. The molecule has 1 N–H and O–H groups in total. The Morgan fingerprint density at radius 1 is 1.11 bits per heavy atom. The number of benzene rings is 1. The van der Waals surface area contributed by atoms with E-state index in [0.717, 1.165) is 12.8 Å². The van der Waals surface area contributed by atoms with Crippen LogP contribution in [0.4, 0.5) is 18.9 Å². The summed E-state index contributed by atoms with van der Waals surface area (Å²) >= 11 is 0. The maximum absolute atomic E-state index is 13.1. The van der Waals surface area contributed by atoms with Crippen LogP contribution >= 0.6 is 0 Å². The van der Waals surface area contributed by atoms with Crippen molar-refractivity contribution in [3.8, 4) is 0 Å². The first-order chi connectivity index (χ1) is 13.2. The van der Waals surface area contributed by atoms with Crippen molar-refractivity contribution >= 4 is 11.6 Å². The highest BCUT2D eigenvalue weighted by Crippen LogP contribution is 2.49. The molecule has 1 aromatic carbocycles. The van der Waals surface area contributed by atoms with E-state index >= 15 is 0 Å². The van der Waals surface area contributed by atoms with Crippen LogP contribution in [-0.4, -0.2) is 43.1 Å². The lowest BCUT2D eigenvalue weighted by atomic mass is 9.66. The van der Waals surface area contributed by atoms with E-state index < -0.39 is 23.6 Å². The van der Waals surface area contributed by atoms with Crippen molar-refractivity contribution < 1.29 is 27.8 Å². The zero-order chi connectivity index (χ0) is 20.4. The normalized spacial score (nSPS) is 28.3. The SMILES string of the molecule is COCCC[C@]1(O)CC[C@]2(CCN(c3ccc(CC(F)(F)F)cc3)C2=O)CC1. The second kappa shape index (κ2) is 8.03. The van der Waals surface area contributed by atoms with Gasteiger partial charge in [0.1, 0.15) is 0 Å². The van der Waals surface area contributed by atoms with Gasteiger partial charge in [0, 0.05) is 25.9 Å². The highest BCUT2D eigenvalue weighted by atomic mass is 19.4. The van der Waals surface area contributed by atoms with Gasteiger partial charge in [-0.05, 0) is 62.6 Å². The number of anilines is 1. The fourth-order valence-corrected chi connectivity index (χ4v) is 4.55. The van der Waals surface area contributed by atoms with E-state index in [1.807, 2.05) is 0 Å². The molecule has 0 bridgehead atoms. The third kappa shape index (κ3) is 4.69. The Labute approximate surface area is 163 Å². The minimum absolute atomic E-state index is 0.0370. The molecule has 1 heterocycles. The summed E-state index contributed by atoms with van der Waals surface area (Å²) in [6.45, 7) is 1.18.